The van der Waals surface area contributed by atoms with Gasteiger partial charge in [0, 0.05) is 0 Å². The van der Waals surface area contributed by atoms with Gasteiger partial charge in [0.25, 0.3) is 0 Å². The maximum absolute atomic E-state index is 10.3. The van der Waals surface area contributed by atoms with Gasteiger partial charge >= 0.3 is 0 Å². The molecule has 0 aromatic heterocycles. The molecule has 4 rings (SSSR count). The molecule has 0 radical (unpaired) electrons. The van der Waals surface area contributed by atoms with Crippen molar-refractivity contribution in [3.05, 3.63) is 107 Å². The van der Waals surface area contributed by atoms with Crippen LogP contribution in [0.1, 0.15) is 66.4 Å². The smallest absolute Gasteiger partial charge is 0.177 e. The molecule has 1 N–H and O–H groups in total. The molecule has 3 aromatic rings. The van der Waals surface area contributed by atoms with Gasteiger partial charge in [-0.2, -0.15) is 0 Å². The third-order valence-corrected chi connectivity index (χ3v) is 5.90. The van der Waals surface area contributed by atoms with Gasteiger partial charge in [0.1, 0.15) is 0 Å². The molecule has 3 heteroatoms. The fourth-order valence-electron chi connectivity index (χ4n) is 4.34. The predicted octanol–water partition coefficient (Wildman–Crippen LogP) is 6.24. The molecule has 3 aromatic carbocycles. The highest BCUT2D eigenvalue weighted by molar-refractivity contribution is 5.81. The van der Waals surface area contributed by atoms with Gasteiger partial charge in [-0.05, 0) is 47.4 Å². The first-order chi connectivity index (χ1) is 14.8. The van der Waals surface area contributed by atoms with E-state index in [4.69, 9.17) is 4.84 Å². The van der Waals surface area contributed by atoms with Crippen LogP contribution in [0.15, 0.2) is 90.1 Å². The third kappa shape index (κ3) is 5.17. The Balaban J connectivity index is 1.56. The minimum Gasteiger partial charge on any atom is -0.393 e. The summed E-state index contributed by atoms with van der Waals surface area (Å²) in [5, 5.41) is 14.7. The maximum atomic E-state index is 10.3. The molecule has 0 heterocycles. The molecule has 0 bridgehead atoms. The Morgan fingerprint density at radius 2 is 1.40 bits per heavy atom. The summed E-state index contributed by atoms with van der Waals surface area (Å²) < 4.78 is 0. The van der Waals surface area contributed by atoms with Gasteiger partial charge in [-0.3, -0.25) is 0 Å². The van der Waals surface area contributed by atoms with Crippen LogP contribution in [0.2, 0.25) is 0 Å². The Morgan fingerprint density at radius 3 is 2.10 bits per heavy atom. The first kappa shape index (κ1) is 20.4. The Hall–Kier alpha value is -2.91. The average molecular weight is 400 g/mol. The maximum Gasteiger partial charge on any atom is 0.177 e. The van der Waals surface area contributed by atoms with Crippen molar-refractivity contribution in [1.82, 2.24) is 0 Å². The van der Waals surface area contributed by atoms with Crippen molar-refractivity contribution in [3.8, 4) is 0 Å². The van der Waals surface area contributed by atoms with Gasteiger partial charge in [-0.15, -0.1) is 0 Å². The largest absolute Gasteiger partial charge is 0.393 e. The van der Waals surface area contributed by atoms with Crippen LogP contribution in [-0.2, 0) is 4.84 Å². The number of oxime groups is 1. The molecule has 1 fully saturated rings. The number of nitrogens with zero attached hydrogens (tertiary/aromatic N) is 1. The molecule has 3 nitrogen and oxygen atoms in total. The molecule has 2 unspecified atom stereocenters. The van der Waals surface area contributed by atoms with E-state index in [0.29, 0.717) is 5.92 Å². The van der Waals surface area contributed by atoms with Crippen molar-refractivity contribution in [3.63, 3.8) is 0 Å². The zero-order chi connectivity index (χ0) is 20.6. The summed E-state index contributed by atoms with van der Waals surface area (Å²) in [4.78, 5) is 6.03. The summed E-state index contributed by atoms with van der Waals surface area (Å²) in [6, 6.07) is 28.7. The van der Waals surface area contributed by atoms with E-state index < -0.39 is 0 Å². The average Bonchev–Trinajstić information content (AvgIpc) is 3.02. The monoisotopic (exact) mass is 399 g/mol. The van der Waals surface area contributed by atoms with Crippen molar-refractivity contribution >= 4 is 6.21 Å². The quantitative estimate of drug-likeness (QED) is 0.303. The fraction of sp³-hybridized carbons (Fsp3) is 0.296. The molecule has 154 valence electrons. The molecule has 1 aliphatic rings. The number of aliphatic hydroxyl groups excluding tert-OH is 1. The third-order valence-electron chi connectivity index (χ3n) is 5.90. The first-order valence-electron chi connectivity index (χ1n) is 10.9. The molecule has 30 heavy (non-hydrogen) atoms. The van der Waals surface area contributed by atoms with Crippen LogP contribution < -0.4 is 0 Å². The van der Waals surface area contributed by atoms with Gasteiger partial charge in [-0.1, -0.05) is 103 Å². The Kier molecular flexibility index (Phi) is 6.94. The minimum atomic E-state index is -0.254. The minimum absolute atomic E-state index is 0.209. The lowest BCUT2D eigenvalue weighted by Gasteiger charge is -2.19. The SMILES string of the molecule is OC1CCCCC(c2ccccc2C=NOC(c2ccccc2)c2ccccc2)C1. The molecule has 1 aliphatic carbocycles. The van der Waals surface area contributed by atoms with E-state index in [1.807, 2.05) is 48.7 Å². The van der Waals surface area contributed by atoms with Gasteiger partial charge in [0.2, 0.25) is 0 Å². The van der Waals surface area contributed by atoms with E-state index >= 15 is 0 Å². The molecule has 2 atom stereocenters. The second-order valence-electron chi connectivity index (χ2n) is 8.04. The van der Waals surface area contributed by atoms with Crippen molar-refractivity contribution in [2.45, 2.75) is 50.2 Å². The lowest BCUT2D eigenvalue weighted by Crippen LogP contribution is -2.11. The second-order valence-corrected chi connectivity index (χ2v) is 8.04. The van der Waals surface area contributed by atoms with E-state index in [0.717, 1.165) is 48.8 Å². The standard InChI is InChI=1S/C27H29NO2/c29-25-17-9-7-15-23(19-25)26-18-10-8-16-24(26)20-28-30-27(21-11-3-1-4-12-21)22-13-5-2-6-14-22/h1-6,8,10-14,16,18,20,23,25,27,29H,7,9,15,17,19H2. The van der Waals surface area contributed by atoms with E-state index in [1.54, 1.807) is 0 Å². The van der Waals surface area contributed by atoms with Crippen molar-refractivity contribution in [2.75, 3.05) is 0 Å². The summed E-state index contributed by atoms with van der Waals surface area (Å²) in [6.07, 6.45) is 6.47. The normalized spacial score (nSPS) is 19.7. The van der Waals surface area contributed by atoms with Crippen LogP contribution in [0.25, 0.3) is 0 Å². The zero-order valence-corrected chi connectivity index (χ0v) is 17.2. The molecule has 0 aliphatic heterocycles. The number of rotatable bonds is 6. The predicted molar refractivity (Wildman–Crippen MR) is 122 cm³/mol. The Morgan fingerprint density at radius 1 is 0.800 bits per heavy atom. The zero-order valence-electron chi connectivity index (χ0n) is 17.2. The highest BCUT2D eigenvalue weighted by atomic mass is 16.6. The van der Waals surface area contributed by atoms with Crippen LogP contribution in [0.5, 0.6) is 0 Å². The number of hydrogen-bond acceptors (Lipinski definition) is 3. The van der Waals surface area contributed by atoms with Gasteiger partial charge in [0.15, 0.2) is 6.10 Å². The number of hydrogen-bond donors (Lipinski definition) is 1. The lowest BCUT2D eigenvalue weighted by atomic mass is 9.88. The molecular formula is C27H29NO2. The Labute approximate surface area is 179 Å². The van der Waals surface area contributed by atoms with Crippen LogP contribution in [0.4, 0.5) is 0 Å². The summed E-state index contributed by atoms with van der Waals surface area (Å²) in [6.45, 7) is 0. The molecule has 1 saturated carbocycles. The van der Waals surface area contributed by atoms with Crippen LogP contribution >= 0.6 is 0 Å². The van der Waals surface area contributed by atoms with Crippen LogP contribution in [-0.4, -0.2) is 17.4 Å². The fourth-order valence-corrected chi connectivity index (χ4v) is 4.34. The van der Waals surface area contributed by atoms with Crippen molar-refractivity contribution in [2.24, 2.45) is 5.16 Å². The molecule has 0 saturated heterocycles. The molecular weight excluding hydrogens is 370 g/mol. The van der Waals surface area contributed by atoms with E-state index in [9.17, 15) is 5.11 Å². The molecule has 0 amide bonds. The lowest BCUT2D eigenvalue weighted by molar-refractivity contribution is 0.0888. The highest BCUT2D eigenvalue weighted by Crippen LogP contribution is 2.33. The summed E-state index contributed by atoms with van der Waals surface area (Å²) >= 11 is 0. The topological polar surface area (TPSA) is 41.8 Å². The summed E-state index contributed by atoms with van der Waals surface area (Å²) in [7, 11) is 0. The number of benzene rings is 3. The van der Waals surface area contributed by atoms with E-state index in [1.165, 1.54) is 5.56 Å². The highest BCUT2D eigenvalue weighted by Gasteiger charge is 2.21. The van der Waals surface area contributed by atoms with Crippen molar-refractivity contribution in [1.29, 1.82) is 0 Å². The van der Waals surface area contributed by atoms with E-state index in [2.05, 4.69) is 47.6 Å². The van der Waals surface area contributed by atoms with Gasteiger partial charge in [-0.25, -0.2) is 0 Å². The Bertz CT molecular complexity index is 900. The number of aliphatic hydroxyl groups is 1. The van der Waals surface area contributed by atoms with Crippen molar-refractivity contribution < 1.29 is 9.94 Å². The summed E-state index contributed by atoms with van der Waals surface area (Å²) in [5.74, 6) is 0.365. The van der Waals surface area contributed by atoms with Crippen LogP contribution in [0.3, 0.4) is 0 Å². The van der Waals surface area contributed by atoms with Gasteiger partial charge < -0.3 is 9.94 Å². The van der Waals surface area contributed by atoms with Gasteiger partial charge in [0.05, 0.1) is 12.3 Å². The van der Waals surface area contributed by atoms with Crippen LogP contribution in [0, 0.1) is 0 Å². The summed E-state index contributed by atoms with van der Waals surface area (Å²) in [5.41, 5.74) is 4.46. The molecule has 0 spiro atoms. The first-order valence-corrected chi connectivity index (χ1v) is 10.9. The second kappa shape index (κ2) is 10.2. The van der Waals surface area contributed by atoms with E-state index in [-0.39, 0.29) is 12.2 Å².